The van der Waals surface area contributed by atoms with Crippen LogP contribution in [0, 0.1) is 13.8 Å². The van der Waals surface area contributed by atoms with Gasteiger partial charge >= 0.3 is 0 Å². The summed E-state index contributed by atoms with van der Waals surface area (Å²) in [5.74, 6) is 0.778. The molecule has 0 aliphatic carbocycles. The van der Waals surface area contributed by atoms with E-state index in [-0.39, 0.29) is 42.1 Å². The molecular formula is C23H35IN6O2. The van der Waals surface area contributed by atoms with Gasteiger partial charge in [-0.05, 0) is 45.4 Å². The molecule has 3 rings (SSSR count). The van der Waals surface area contributed by atoms with Crippen LogP contribution in [0.3, 0.4) is 0 Å². The molecule has 1 aromatic heterocycles. The van der Waals surface area contributed by atoms with Crippen LogP contribution in [0.25, 0.3) is 0 Å². The normalized spacial score (nSPS) is 18.8. The molecule has 8 nitrogen and oxygen atoms in total. The van der Waals surface area contributed by atoms with Gasteiger partial charge in [-0.3, -0.25) is 14.5 Å². The third-order valence-electron chi connectivity index (χ3n) is 5.68. The molecule has 1 aromatic carbocycles. The molecule has 1 aliphatic rings. The predicted molar refractivity (Wildman–Crippen MR) is 137 cm³/mol. The summed E-state index contributed by atoms with van der Waals surface area (Å²) in [6.07, 6.45) is 0.129. The second-order valence-corrected chi connectivity index (χ2v) is 8.22. The van der Waals surface area contributed by atoms with E-state index in [1.165, 1.54) is 5.56 Å². The monoisotopic (exact) mass is 554 g/mol. The lowest BCUT2D eigenvalue weighted by molar-refractivity contribution is -0.0586. The van der Waals surface area contributed by atoms with Gasteiger partial charge < -0.3 is 20.3 Å². The number of aryl methyl sites for hydroxylation is 2. The number of aliphatic imine (C=N–C) groups is 1. The van der Waals surface area contributed by atoms with Gasteiger partial charge in [0.05, 0.1) is 17.9 Å². The quantitative estimate of drug-likeness (QED) is 0.338. The summed E-state index contributed by atoms with van der Waals surface area (Å²) in [5, 5.41) is 11.1. The summed E-state index contributed by atoms with van der Waals surface area (Å²) in [4.78, 5) is 19.0. The van der Waals surface area contributed by atoms with E-state index in [1.807, 2.05) is 61.7 Å². The van der Waals surface area contributed by atoms with E-state index in [4.69, 9.17) is 4.74 Å². The highest BCUT2D eigenvalue weighted by molar-refractivity contribution is 14.0. The van der Waals surface area contributed by atoms with Gasteiger partial charge in [0.2, 0.25) is 0 Å². The van der Waals surface area contributed by atoms with Crippen LogP contribution in [0.4, 0.5) is 0 Å². The molecule has 0 bridgehead atoms. The molecule has 176 valence electrons. The number of nitrogens with zero attached hydrogens (tertiary/aromatic N) is 4. The van der Waals surface area contributed by atoms with Crippen LogP contribution in [0.2, 0.25) is 0 Å². The summed E-state index contributed by atoms with van der Waals surface area (Å²) >= 11 is 0. The molecule has 1 saturated heterocycles. The maximum Gasteiger partial charge on any atom is 0.254 e. The Kier molecular flexibility index (Phi) is 9.50. The molecule has 0 spiro atoms. The molecule has 9 heteroatoms. The maximum absolute atomic E-state index is 12.8. The number of morpholine rings is 1. The van der Waals surface area contributed by atoms with Gasteiger partial charge in [-0.1, -0.05) is 12.1 Å². The first kappa shape index (κ1) is 26.1. The SMILES string of the molecule is CN=C(NCc1ccc(C(=O)N2CC(C)OC(C)C2)cc1)NCc1c(C)nn(C)c1C.I. The Hall–Kier alpha value is -2.14. The third kappa shape index (κ3) is 6.44. The highest BCUT2D eigenvalue weighted by Crippen LogP contribution is 2.15. The Morgan fingerprint density at radius 3 is 2.25 bits per heavy atom. The van der Waals surface area contributed by atoms with Gasteiger partial charge in [-0.25, -0.2) is 0 Å². The lowest BCUT2D eigenvalue weighted by Gasteiger charge is -2.35. The second-order valence-electron chi connectivity index (χ2n) is 8.22. The number of carbonyl (C=O) groups excluding carboxylic acids is 1. The van der Waals surface area contributed by atoms with E-state index in [0.29, 0.717) is 31.7 Å². The molecule has 2 atom stereocenters. The largest absolute Gasteiger partial charge is 0.372 e. The molecule has 32 heavy (non-hydrogen) atoms. The fourth-order valence-corrected chi connectivity index (χ4v) is 3.94. The van der Waals surface area contributed by atoms with Gasteiger partial charge in [-0.2, -0.15) is 5.10 Å². The minimum atomic E-state index is 0. The third-order valence-corrected chi connectivity index (χ3v) is 5.68. The average molecular weight is 554 g/mol. The van der Waals surface area contributed by atoms with Crippen molar-refractivity contribution in [1.82, 2.24) is 25.3 Å². The van der Waals surface area contributed by atoms with Crippen molar-refractivity contribution in [3.63, 3.8) is 0 Å². The Morgan fingerprint density at radius 2 is 1.72 bits per heavy atom. The van der Waals surface area contributed by atoms with Gasteiger partial charge in [0.15, 0.2) is 5.96 Å². The highest BCUT2D eigenvalue weighted by Gasteiger charge is 2.26. The van der Waals surface area contributed by atoms with Crippen molar-refractivity contribution in [3.8, 4) is 0 Å². The number of hydrogen-bond donors (Lipinski definition) is 2. The Bertz CT molecular complexity index is 931. The minimum Gasteiger partial charge on any atom is -0.372 e. The van der Waals surface area contributed by atoms with E-state index < -0.39 is 0 Å². The van der Waals surface area contributed by atoms with Crippen LogP contribution in [0.5, 0.6) is 0 Å². The first-order valence-electron chi connectivity index (χ1n) is 10.8. The van der Waals surface area contributed by atoms with Gasteiger partial charge in [0.1, 0.15) is 0 Å². The minimum absolute atomic E-state index is 0. The van der Waals surface area contributed by atoms with Crippen LogP contribution in [-0.2, 0) is 24.9 Å². The predicted octanol–water partition coefficient (Wildman–Crippen LogP) is 2.77. The number of amides is 1. The highest BCUT2D eigenvalue weighted by atomic mass is 127. The molecular weight excluding hydrogens is 519 g/mol. The number of benzene rings is 1. The number of rotatable bonds is 5. The van der Waals surface area contributed by atoms with Crippen molar-refractivity contribution in [2.24, 2.45) is 12.0 Å². The van der Waals surface area contributed by atoms with E-state index in [2.05, 4.69) is 27.6 Å². The van der Waals surface area contributed by atoms with Crippen LogP contribution in [-0.4, -0.2) is 58.9 Å². The number of halogens is 1. The van der Waals surface area contributed by atoms with Crippen molar-refractivity contribution in [2.75, 3.05) is 20.1 Å². The summed E-state index contributed by atoms with van der Waals surface area (Å²) < 4.78 is 7.62. The fraction of sp³-hybridized carbons (Fsp3) is 0.522. The van der Waals surface area contributed by atoms with Crippen molar-refractivity contribution in [3.05, 3.63) is 52.3 Å². The van der Waals surface area contributed by atoms with E-state index in [0.717, 1.165) is 22.9 Å². The average Bonchev–Trinajstić information content (AvgIpc) is 2.98. The van der Waals surface area contributed by atoms with E-state index in [9.17, 15) is 4.79 Å². The van der Waals surface area contributed by atoms with Crippen LogP contribution in [0.15, 0.2) is 29.3 Å². The molecule has 1 fully saturated rings. The van der Waals surface area contributed by atoms with E-state index >= 15 is 0 Å². The van der Waals surface area contributed by atoms with Crippen molar-refractivity contribution >= 4 is 35.8 Å². The number of carbonyl (C=O) groups is 1. The van der Waals surface area contributed by atoms with Crippen molar-refractivity contribution in [1.29, 1.82) is 0 Å². The topological polar surface area (TPSA) is 83.8 Å². The lowest BCUT2D eigenvalue weighted by atomic mass is 10.1. The summed E-state index contributed by atoms with van der Waals surface area (Å²) in [7, 11) is 3.71. The summed E-state index contributed by atoms with van der Waals surface area (Å²) in [6, 6.07) is 7.75. The van der Waals surface area contributed by atoms with Gasteiger partial charge in [-0.15, -0.1) is 24.0 Å². The van der Waals surface area contributed by atoms with Crippen LogP contribution >= 0.6 is 24.0 Å². The first-order chi connectivity index (χ1) is 14.8. The lowest BCUT2D eigenvalue weighted by Crippen LogP contribution is -2.48. The fourth-order valence-electron chi connectivity index (χ4n) is 3.94. The molecule has 1 aliphatic heterocycles. The zero-order chi connectivity index (χ0) is 22.5. The second kappa shape index (κ2) is 11.6. The van der Waals surface area contributed by atoms with Crippen molar-refractivity contribution in [2.45, 2.75) is 53.0 Å². The summed E-state index contributed by atoms with van der Waals surface area (Å²) in [5.41, 5.74) is 5.13. The van der Waals surface area contributed by atoms with Gasteiger partial charge in [0.25, 0.3) is 5.91 Å². The molecule has 2 unspecified atom stereocenters. The Morgan fingerprint density at radius 1 is 1.12 bits per heavy atom. The zero-order valence-electron chi connectivity index (χ0n) is 19.8. The molecule has 2 N–H and O–H groups in total. The number of hydrogen-bond acceptors (Lipinski definition) is 4. The molecule has 2 aromatic rings. The number of nitrogens with one attached hydrogen (secondary N) is 2. The van der Waals surface area contributed by atoms with Crippen LogP contribution in [0.1, 0.15) is 46.7 Å². The Labute approximate surface area is 207 Å². The standard InChI is InChI=1S/C23H34N6O2.HI/c1-15-13-29(14-16(2)31-15)22(30)20-9-7-19(8-10-20)11-25-23(24-5)26-12-21-17(3)27-28(6)18(21)4;/h7-10,15-16H,11-14H2,1-6H3,(H2,24,25,26);1H. The number of ether oxygens (including phenoxy) is 1. The number of guanidine groups is 1. The van der Waals surface area contributed by atoms with Gasteiger partial charge in [0, 0.05) is 57.1 Å². The van der Waals surface area contributed by atoms with E-state index in [1.54, 1.807) is 7.05 Å². The smallest absolute Gasteiger partial charge is 0.254 e. The molecule has 0 saturated carbocycles. The molecule has 0 radical (unpaired) electrons. The summed E-state index contributed by atoms with van der Waals surface area (Å²) in [6.45, 7) is 10.6. The first-order valence-corrected chi connectivity index (χ1v) is 10.8. The molecule has 2 heterocycles. The Balaban J connectivity index is 0.00000363. The molecule has 1 amide bonds. The van der Waals surface area contributed by atoms with Crippen molar-refractivity contribution < 1.29 is 9.53 Å². The zero-order valence-corrected chi connectivity index (χ0v) is 22.1. The maximum atomic E-state index is 12.8. The van der Waals surface area contributed by atoms with Crippen LogP contribution < -0.4 is 10.6 Å². The number of aromatic nitrogens is 2.